The standard InChI is InChI=1S/C14H26N2O2/c1-2-3-10-18-11-9-16-14(17)12-7-5-4-6-8-13(12)15/h2,12-13H,1,3-11,15H2,(H,16,17). The van der Waals surface area contributed by atoms with E-state index in [9.17, 15) is 4.79 Å². The quantitative estimate of drug-likeness (QED) is 0.412. The van der Waals surface area contributed by atoms with Gasteiger partial charge in [-0.25, -0.2) is 0 Å². The van der Waals surface area contributed by atoms with E-state index in [0.717, 1.165) is 32.1 Å². The highest BCUT2D eigenvalue weighted by Crippen LogP contribution is 2.22. The summed E-state index contributed by atoms with van der Waals surface area (Å²) in [4.78, 5) is 12.0. The summed E-state index contributed by atoms with van der Waals surface area (Å²) in [6, 6.07) is 0.0224. The fourth-order valence-electron chi connectivity index (χ4n) is 2.31. The van der Waals surface area contributed by atoms with E-state index in [1.165, 1.54) is 6.42 Å². The Hall–Kier alpha value is -0.870. The van der Waals surface area contributed by atoms with Gasteiger partial charge in [0.1, 0.15) is 0 Å². The van der Waals surface area contributed by atoms with Crippen molar-refractivity contribution in [2.45, 2.75) is 44.6 Å². The minimum absolute atomic E-state index is 0.0133. The van der Waals surface area contributed by atoms with E-state index in [1.54, 1.807) is 0 Å². The van der Waals surface area contributed by atoms with Crippen molar-refractivity contribution >= 4 is 5.91 Å². The van der Waals surface area contributed by atoms with Gasteiger partial charge in [-0.2, -0.15) is 0 Å². The van der Waals surface area contributed by atoms with Gasteiger partial charge in [-0.15, -0.1) is 6.58 Å². The predicted molar refractivity (Wildman–Crippen MR) is 73.2 cm³/mol. The Morgan fingerprint density at radius 1 is 1.33 bits per heavy atom. The Bertz CT molecular complexity index is 256. The molecule has 3 N–H and O–H groups in total. The molecule has 0 spiro atoms. The van der Waals surface area contributed by atoms with Gasteiger partial charge in [-0.05, 0) is 19.3 Å². The number of nitrogens with one attached hydrogen (secondary N) is 1. The van der Waals surface area contributed by atoms with Crippen LogP contribution < -0.4 is 11.1 Å². The van der Waals surface area contributed by atoms with Gasteiger partial charge in [-0.1, -0.05) is 25.3 Å². The molecule has 2 unspecified atom stereocenters. The molecule has 2 atom stereocenters. The van der Waals surface area contributed by atoms with E-state index in [-0.39, 0.29) is 17.9 Å². The van der Waals surface area contributed by atoms with Crippen molar-refractivity contribution in [1.29, 1.82) is 0 Å². The first-order valence-corrected chi connectivity index (χ1v) is 6.97. The third-order valence-electron chi connectivity index (χ3n) is 3.42. The van der Waals surface area contributed by atoms with Crippen LogP contribution in [0.3, 0.4) is 0 Å². The van der Waals surface area contributed by atoms with Crippen molar-refractivity contribution in [2.24, 2.45) is 11.7 Å². The zero-order valence-corrected chi connectivity index (χ0v) is 11.2. The molecular formula is C14H26N2O2. The minimum Gasteiger partial charge on any atom is -0.379 e. The van der Waals surface area contributed by atoms with Crippen LogP contribution in [0.1, 0.15) is 38.5 Å². The summed E-state index contributed by atoms with van der Waals surface area (Å²) >= 11 is 0. The van der Waals surface area contributed by atoms with Crippen LogP contribution in [-0.2, 0) is 9.53 Å². The lowest BCUT2D eigenvalue weighted by atomic mass is 9.95. The number of carbonyl (C=O) groups is 1. The van der Waals surface area contributed by atoms with Gasteiger partial charge in [0.15, 0.2) is 0 Å². The highest BCUT2D eigenvalue weighted by Gasteiger charge is 2.26. The fraction of sp³-hybridized carbons (Fsp3) is 0.786. The van der Waals surface area contributed by atoms with Crippen molar-refractivity contribution in [3.8, 4) is 0 Å². The maximum atomic E-state index is 12.0. The molecule has 1 aliphatic rings. The van der Waals surface area contributed by atoms with Crippen molar-refractivity contribution < 1.29 is 9.53 Å². The normalized spacial score (nSPS) is 24.3. The largest absolute Gasteiger partial charge is 0.379 e. The first-order chi connectivity index (χ1) is 8.75. The average Bonchev–Trinajstić information content (AvgIpc) is 2.58. The zero-order valence-electron chi connectivity index (χ0n) is 11.2. The van der Waals surface area contributed by atoms with Crippen molar-refractivity contribution in [3.63, 3.8) is 0 Å². The summed E-state index contributed by atoms with van der Waals surface area (Å²) < 4.78 is 5.35. The van der Waals surface area contributed by atoms with Crippen molar-refractivity contribution in [2.75, 3.05) is 19.8 Å². The minimum atomic E-state index is -0.0133. The van der Waals surface area contributed by atoms with E-state index in [4.69, 9.17) is 10.5 Å². The van der Waals surface area contributed by atoms with Gasteiger partial charge >= 0.3 is 0 Å². The molecule has 0 aromatic carbocycles. The van der Waals surface area contributed by atoms with E-state index >= 15 is 0 Å². The van der Waals surface area contributed by atoms with E-state index in [0.29, 0.717) is 19.8 Å². The Kier molecular flexibility index (Phi) is 7.69. The topological polar surface area (TPSA) is 64.3 Å². The summed E-state index contributed by atoms with van der Waals surface area (Å²) in [5, 5.41) is 2.92. The summed E-state index contributed by atoms with van der Waals surface area (Å²) in [5.41, 5.74) is 6.05. The zero-order chi connectivity index (χ0) is 13.2. The lowest BCUT2D eigenvalue weighted by Crippen LogP contribution is -2.42. The molecule has 0 aliphatic heterocycles. The summed E-state index contributed by atoms with van der Waals surface area (Å²) in [5.74, 6) is 0.0809. The second-order valence-corrected chi connectivity index (χ2v) is 4.89. The number of amides is 1. The van der Waals surface area contributed by atoms with Crippen LogP contribution in [0.25, 0.3) is 0 Å². The highest BCUT2D eigenvalue weighted by molar-refractivity contribution is 5.79. The second kappa shape index (κ2) is 9.11. The summed E-state index contributed by atoms with van der Waals surface area (Å²) in [6.45, 7) is 5.42. The van der Waals surface area contributed by atoms with Crippen molar-refractivity contribution in [3.05, 3.63) is 12.7 Å². The molecule has 0 bridgehead atoms. The van der Waals surface area contributed by atoms with E-state index in [1.807, 2.05) is 6.08 Å². The van der Waals surface area contributed by atoms with E-state index in [2.05, 4.69) is 11.9 Å². The Labute approximate surface area is 110 Å². The monoisotopic (exact) mass is 254 g/mol. The maximum absolute atomic E-state index is 12.0. The van der Waals surface area contributed by atoms with E-state index < -0.39 is 0 Å². The molecule has 4 heteroatoms. The number of carbonyl (C=O) groups excluding carboxylic acids is 1. The Balaban J connectivity index is 2.16. The molecule has 1 fully saturated rings. The molecule has 104 valence electrons. The molecule has 0 saturated heterocycles. The van der Waals surface area contributed by atoms with Crippen LogP contribution in [0.4, 0.5) is 0 Å². The van der Waals surface area contributed by atoms with Crippen LogP contribution in [-0.4, -0.2) is 31.7 Å². The van der Waals surface area contributed by atoms with Crippen LogP contribution in [0, 0.1) is 5.92 Å². The number of rotatable bonds is 7. The number of nitrogens with two attached hydrogens (primary N) is 1. The molecule has 0 aromatic heterocycles. The van der Waals surface area contributed by atoms with Crippen LogP contribution in [0.5, 0.6) is 0 Å². The van der Waals surface area contributed by atoms with Gasteiger partial charge in [0.05, 0.1) is 19.1 Å². The summed E-state index contributed by atoms with van der Waals surface area (Å²) in [7, 11) is 0. The first kappa shape index (κ1) is 15.2. The number of ether oxygens (including phenoxy) is 1. The van der Waals surface area contributed by atoms with Gasteiger partial charge < -0.3 is 15.8 Å². The number of hydrogen-bond acceptors (Lipinski definition) is 3. The third-order valence-corrected chi connectivity index (χ3v) is 3.42. The first-order valence-electron chi connectivity index (χ1n) is 6.97. The molecule has 0 heterocycles. The Morgan fingerprint density at radius 3 is 2.89 bits per heavy atom. The molecule has 1 saturated carbocycles. The van der Waals surface area contributed by atoms with Crippen molar-refractivity contribution in [1.82, 2.24) is 5.32 Å². The lowest BCUT2D eigenvalue weighted by molar-refractivity contribution is -0.126. The highest BCUT2D eigenvalue weighted by atomic mass is 16.5. The molecule has 0 radical (unpaired) electrons. The molecular weight excluding hydrogens is 228 g/mol. The van der Waals surface area contributed by atoms with Gasteiger partial charge in [0, 0.05) is 12.6 Å². The molecule has 1 amide bonds. The number of hydrogen-bond donors (Lipinski definition) is 2. The molecule has 18 heavy (non-hydrogen) atoms. The van der Waals surface area contributed by atoms with Crippen LogP contribution >= 0.6 is 0 Å². The molecule has 4 nitrogen and oxygen atoms in total. The third kappa shape index (κ3) is 5.65. The fourth-order valence-corrected chi connectivity index (χ4v) is 2.31. The van der Waals surface area contributed by atoms with Gasteiger partial charge in [0.25, 0.3) is 0 Å². The van der Waals surface area contributed by atoms with Gasteiger partial charge in [0.2, 0.25) is 5.91 Å². The van der Waals surface area contributed by atoms with Gasteiger partial charge in [-0.3, -0.25) is 4.79 Å². The van der Waals surface area contributed by atoms with Crippen LogP contribution in [0.15, 0.2) is 12.7 Å². The molecule has 1 aliphatic carbocycles. The summed E-state index contributed by atoms with van der Waals surface area (Å²) in [6.07, 6.45) is 8.02. The predicted octanol–water partition coefficient (Wildman–Crippen LogP) is 1.60. The molecule has 1 rings (SSSR count). The van der Waals surface area contributed by atoms with Crippen LogP contribution in [0.2, 0.25) is 0 Å². The maximum Gasteiger partial charge on any atom is 0.224 e. The smallest absolute Gasteiger partial charge is 0.224 e. The lowest BCUT2D eigenvalue weighted by Gasteiger charge is -2.20. The SMILES string of the molecule is C=CCCOCCNC(=O)C1CCCCCC1N. The second-order valence-electron chi connectivity index (χ2n) is 4.89. The Morgan fingerprint density at radius 2 is 2.11 bits per heavy atom. The average molecular weight is 254 g/mol. The molecule has 0 aromatic rings.